The van der Waals surface area contributed by atoms with E-state index in [2.05, 4.69) is 5.32 Å². The van der Waals surface area contributed by atoms with Crippen molar-refractivity contribution < 1.29 is 23.1 Å². The van der Waals surface area contributed by atoms with E-state index in [1.54, 1.807) is 24.3 Å². The van der Waals surface area contributed by atoms with Crippen LogP contribution < -0.4 is 11.1 Å². The highest BCUT2D eigenvalue weighted by molar-refractivity contribution is 5.84. The van der Waals surface area contributed by atoms with Crippen LogP contribution in [0, 0.1) is 11.6 Å². The highest BCUT2D eigenvalue weighted by Gasteiger charge is 2.20. The Hall–Kier alpha value is -2.96. The lowest BCUT2D eigenvalue weighted by molar-refractivity contribution is -0.119. The average Bonchev–Trinajstić information content (AvgIpc) is 2.56. The number of benzene rings is 2. The van der Waals surface area contributed by atoms with Gasteiger partial charge >= 0.3 is 6.09 Å². The minimum absolute atomic E-state index is 0.0311. The molecule has 2 amide bonds. The molecule has 1 atom stereocenters. The Morgan fingerprint density at radius 3 is 2.38 bits per heavy atom. The van der Waals surface area contributed by atoms with Crippen LogP contribution in [0.15, 0.2) is 48.5 Å². The summed E-state index contributed by atoms with van der Waals surface area (Å²) < 4.78 is 31.1. The number of rotatable bonds is 6. The highest BCUT2D eigenvalue weighted by atomic mass is 19.2. The van der Waals surface area contributed by atoms with Crippen molar-refractivity contribution in [3.8, 4) is 0 Å². The number of nitrogens with one attached hydrogen (secondary N) is 1. The van der Waals surface area contributed by atoms with E-state index in [9.17, 15) is 18.4 Å². The molecule has 0 aliphatic carbocycles. The summed E-state index contributed by atoms with van der Waals surface area (Å²) >= 11 is 0. The normalized spacial score (nSPS) is 11.6. The molecular formula is C17H16F2N2O3. The molecule has 0 saturated heterocycles. The zero-order valence-electron chi connectivity index (χ0n) is 12.7. The maximum absolute atomic E-state index is 13.2. The second-order valence-electron chi connectivity index (χ2n) is 5.11. The van der Waals surface area contributed by atoms with Gasteiger partial charge in [-0.25, -0.2) is 13.6 Å². The third-order valence-corrected chi connectivity index (χ3v) is 3.27. The van der Waals surface area contributed by atoms with Crippen molar-refractivity contribution in [1.82, 2.24) is 5.32 Å². The van der Waals surface area contributed by atoms with Crippen LogP contribution >= 0.6 is 0 Å². The Labute approximate surface area is 137 Å². The van der Waals surface area contributed by atoms with E-state index in [1.807, 2.05) is 6.07 Å². The molecule has 0 spiro atoms. The van der Waals surface area contributed by atoms with Crippen molar-refractivity contribution in [2.24, 2.45) is 5.73 Å². The maximum Gasteiger partial charge on any atom is 0.408 e. The first-order valence-corrected chi connectivity index (χ1v) is 7.16. The number of nitrogens with two attached hydrogens (primary N) is 1. The third kappa shape index (κ3) is 5.05. The predicted octanol–water partition coefficient (Wildman–Crippen LogP) is 2.29. The molecule has 0 aliphatic rings. The number of primary amides is 1. The number of ether oxygens (including phenoxy) is 1. The second kappa shape index (κ2) is 8.05. The van der Waals surface area contributed by atoms with Crippen molar-refractivity contribution >= 4 is 12.0 Å². The lowest BCUT2D eigenvalue weighted by atomic mass is 10.1. The van der Waals surface area contributed by atoms with Gasteiger partial charge in [0.2, 0.25) is 5.91 Å². The van der Waals surface area contributed by atoms with Gasteiger partial charge in [0.1, 0.15) is 12.6 Å². The highest BCUT2D eigenvalue weighted by Crippen LogP contribution is 2.11. The van der Waals surface area contributed by atoms with Gasteiger partial charge in [-0.15, -0.1) is 0 Å². The largest absolute Gasteiger partial charge is 0.445 e. The Kier molecular flexibility index (Phi) is 5.83. The van der Waals surface area contributed by atoms with Gasteiger partial charge in [0.25, 0.3) is 0 Å². The predicted molar refractivity (Wildman–Crippen MR) is 82.8 cm³/mol. The van der Waals surface area contributed by atoms with Crippen molar-refractivity contribution in [2.75, 3.05) is 0 Å². The molecule has 2 rings (SSSR count). The van der Waals surface area contributed by atoms with Crippen LogP contribution in [0.5, 0.6) is 0 Å². The minimum Gasteiger partial charge on any atom is -0.445 e. The summed E-state index contributed by atoms with van der Waals surface area (Å²) in [6, 6.07) is 11.1. The number of hydrogen-bond acceptors (Lipinski definition) is 3. The Bertz CT molecular complexity index is 723. The van der Waals surface area contributed by atoms with Gasteiger partial charge in [-0.1, -0.05) is 36.4 Å². The summed E-state index contributed by atoms with van der Waals surface area (Å²) in [4.78, 5) is 23.2. The SMILES string of the molecule is NC(=O)C(Cc1ccc(F)c(F)c1)NC(=O)OCc1ccccc1. The fourth-order valence-corrected chi connectivity index (χ4v) is 2.03. The van der Waals surface area contributed by atoms with E-state index in [1.165, 1.54) is 6.07 Å². The van der Waals surface area contributed by atoms with Gasteiger partial charge in [0.05, 0.1) is 0 Å². The third-order valence-electron chi connectivity index (χ3n) is 3.27. The molecule has 5 nitrogen and oxygen atoms in total. The van der Waals surface area contributed by atoms with Gasteiger partial charge in [-0.05, 0) is 23.3 Å². The molecule has 2 aromatic carbocycles. The van der Waals surface area contributed by atoms with Crippen molar-refractivity contribution in [1.29, 1.82) is 0 Å². The van der Waals surface area contributed by atoms with Gasteiger partial charge < -0.3 is 15.8 Å². The zero-order chi connectivity index (χ0) is 17.5. The van der Waals surface area contributed by atoms with Gasteiger partial charge in [-0.3, -0.25) is 4.79 Å². The number of carbonyl (C=O) groups is 2. The number of halogens is 2. The first-order valence-electron chi connectivity index (χ1n) is 7.16. The standard InChI is InChI=1S/C17H16F2N2O3/c18-13-7-6-12(8-14(13)19)9-15(16(20)22)21-17(23)24-10-11-4-2-1-3-5-11/h1-8,15H,9-10H2,(H2,20,22)(H,21,23). The summed E-state index contributed by atoms with van der Waals surface area (Å²) in [7, 11) is 0. The summed E-state index contributed by atoms with van der Waals surface area (Å²) in [5, 5.41) is 2.32. The summed E-state index contributed by atoms with van der Waals surface area (Å²) in [5.74, 6) is -2.84. The summed E-state index contributed by atoms with van der Waals surface area (Å²) in [6.45, 7) is 0.0311. The molecule has 0 radical (unpaired) electrons. The molecule has 0 aromatic heterocycles. The Morgan fingerprint density at radius 1 is 1.04 bits per heavy atom. The van der Waals surface area contributed by atoms with Crippen LogP contribution in [0.1, 0.15) is 11.1 Å². The molecule has 0 saturated carbocycles. The zero-order valence-corrected chi connectivity index (χ0v) is 12.7. The van der Waals surface area contributed by atoms with Gasteiger partial charge in [-0.2, -0.15) is 0 Å². The molecular weight excluding hydrogens is 318 g/mol. The fourth-order valence-electron chi connectivity index (χ4n) is 2.03. The van der Waals surface area contributed by atoms with E-state index < -0.39 is 29.7 Å². The van der Waals surface area contributed by atoms with E-state index in [0.29, 0.717) is 5.56 Å². The number of amides is 2. The Balaban J connectivity index is 1.93. The quantitative estimate of drug-likeness (QED) is 0.850. The molecule has 2 aromatic rings. The average molecular weight is 334 g/mol. The van der Waals surface area contributed by atoms with Crippen molar-refractivity contribution in [2.45, 2.75) is 19.1 Å². The number of carbonyl (C=O) groups excluding carboxylic acids is 2. The number of alkyl carbamates (subject to hydrolysis) is 1. The lowest BCUT2D eigenvalue weighted by Gasteiger charge is -2.15. The summed E-state index contributed by atoms with van der Waals surface area (Å²) in [6.07, 6.45) is -0.905. The monoisotopic (exact) mass is 334 g/mol. The molecule has 0 fully saturated rings. The van der Waals surface area contributed by atoms with E-state index in [0.717, 1.165) is 17.7 Å². The molecule has 0 bridgehead atoms. The molecule has 126 valence electrons. The van der Waals surface area contributed by atoms with E-state index in [4.69, 9.17) is 10.5 Å². The maximum atomic E-state index is 13.2. The number of hydrogen-bond donors (Lipinski definition) is 2. The molecule has 0 aliphatic heterocycles. The first kappa shape index (κ1) is 17.4. The van der Waals surface area contributed by atoms with E-state index in [-0.39, 0.29) is 13.0 Å². The van der Waals surface area contributed by atoms with Crippen LogP contribution in [0.4, 0.5) is 13.6 Å². The Morgan fingerprint density at radius 2 is 1.75 bits per heavy atom. The van der Waals surface area contributed by atoms with Crippen LogP contribution in [0.3, 0.4) is 0 Å². The van der Waals surface area contributed by atoms with Crippen molar-refractivity contribution in [3.63, 3.8) is 0 Å². The second-order valence-corrected chi connectivity index (χ2v) is 5.11. The van der Waals surface area contributed by atoms with Crippen LogP contribution in [-0.2, 0) is 22.6 Å². The molecule has 0 heterocycles. The van der Waals surface area contributed by atoms with Crippen LogP contribution in [-0.4, -0.2) is 18.0 Å². The topological polar surface area (TPSA) is 81.4 Å². The smallest absolute Gasteiger partial charge is 0.408 e. The van der Waals surface area contributed by atoms with Crippen LogP contribution in [0.25, 0.3) is 0 Å². The van der Waals surface area contributed by atoms with Gasteiger partial charge in [0.15, 0.2) is 11.6 Å². The molecule has 1 unspecified atom stereocenters. The fraction of sp³-hybridized carbons (Fsp3) is 0.176. The minimum atomic E-state index is -1.10. The van der Waals surface area contributed by atoms with E-state index >= 15 is 0 Å². The lowest BCUT2D eigenvalue weighted by Crippen LogP contribution is -2.46. The molecule has 3 N–H and O–H groups in total. The summed E-state index contributed by atoms with van der Waals surface area (Å²) in [5.41, 5.74) is 6.33. The molecule has 24 heavy (non-hydrogen) atoms. The molecule has 7 heteroatoms. The van der Waals surface area contributed by atoms with Crippen LogP contribution in [0.2, 0.25) is 0 Å². The first-order chi connectivity index (χ1) is 11.5. The van der Waals surface area contributed by atoms with Crippen molar-refractivity contribution in [3.05, 3.63) is 71.3 Å². The van der Waals surface area contributed by atoms with Gasteiger partial charge in [0, 0.05) is 6.42 Å².